The third kappa shape index (κ3) is 5.00. The van der Waals surface area contributed by atoms with Crippen LogP contribution in [0.25, 0.3) is 0 Å². The number of hydrogen-bond donors (Lipinski definition) is 2. The van der Waals surface area contributed by atoms with Crippen molar-refractivity contribution in [3.63, 3.8) is 0 Å². The number of guanidine groups is 1. The largest absolute Gasteiger partial charge is 0.433 e. The van der Waals surface area contributed by atoms with Crippen LogP contribution in [-0.4, -0.2) is 67.3 Å². The van der Waals surface area contributed by atoms with Gasteiger partial charge in [0.1, 0.15) is 5.69 Å². The van der Waals surface area contributed by atoms with E-state index in [0.29, 0.717) is 18.5 Å². The highest BCUT2D eigenvalue weighted by atomic mass is 19.4. The summed E-state index contributed by atoms with van der Waals surface area (Å²) in [5.41, 5.74) is -0.636. The molecule has 2 aliphatic heterocycles. The van der Waals surface area contributed by atoms with Crippen LogP contribution in [0.4, 0.5) is 19.1 Å². The van der Waals surface area contributed by atoms with Crippen molar-refractivity contribution in [3.8, 4) is 0 Å². The summed E-state index contributed by atoms with van der Waals surface area (Å²) >= 11 is 0. The summed E-state index contributed by atoms with van der Waals surface area (Å²) in [6.45, 7) is 4.43. The van der Waals surface area contributed by atoms with Gasteiger partial charge >= 0.3 is 6.18 Å². The van der Waals surface area contributed by atoms with E-state index in [-0.39, 0.29) is 5.95 Å². The summed E-state index contributed by atoms with van der Waals surface area (Å²) in [4.78, 5) is 13.9. The highest BCUT2D eigenvalue weighted by Crippen LogP contribution is 2.39. The van der Waals surface area contributed by atoms with Crippen molar-refractivity contribution in [2.45, 2.75) is 25.4 Å². The molecule has 0 bridgehead atoms. The van der Waals surface area contributed by atoms with E-state index < -0.39 is 11.9 Å². The van der Waals surface area contributed by atoms with E-state index in [1.54, 1.807) is 7.05 Å². The molecule has 2 N–H and O–H groups in total. The van der Waals surface area contributed by atoms with Gasteiger partial charge in [-0.25, -0.2) is 9.97 Å². The average molecular weight is 386 g/mol. The fourth-order valence-corrected chi connectivity index (χ4v) is 3.61. The zero-order valence-electron chi connectivity index (χ0n) is 15.3. The number of hydrogen-bond acceptors (Lipinski definition) is 5. The second-order valence-corrected chi connectivity index (χ2v) is 6.95. The maximum atomic E-state index is 12.7. The van der Waals surface area contributed by atoms with Crippen LogP contribution < -0.4 is 10.6 Å². The Kier molecular flexibility index (Phi) is 6.03. The topological polar surface area (TPSA) is 74.7 Å². The molecule has 2 aliphatic rings. The van der Waals surface area contributed by atoms with Crippen LogP contribution >= 0.6 is 0 Å². The molecule has 0 aromatic carbocycles. The molecule has 0 unspecified atom stereocenters. The summed E-state index contributed by atoms with van der Waals surface area (Å²) in [6, 6.07) is 0.852. The van der Waals surface area contributed by atoms with Crippen LogP contribution in [0.15, 0.2) is 17.3 Å². The van der Waals surface area contributed by atoms with Crippen molar-refractivity contribution in [1.82, 2.24) is 20.2 Å². The summed E-state index contributed by atoms with van der Waals surface area (Å²) in [5, 5.41) is 6.06. The lowest BCUT2D eigenvalue weighted by Crippen LogP contribution is -2.43. The van der Waals surface area contributed by atoms with E-state index in [9.17, 15) is 13.2 Å². The van der Waals surface area contributed by atoms with Gasteiger partial charge in [0.05, 0.1) is 0 Å². The molecule has 2 fully saturated rings. The van der Waals surface area contributed by atoms with Gasteiger partial charge in [0, 0.05) is 52.6 Å². The van der Waals surface area contributed by atoms with Gasteiger partial charge in [0.15, 0.2) is 5.96 Å². The Balaban J connectivity index is 1.46. The number of rotatable bonds is 4. The standard InChI is InChI=1S/C17H25F3N6O/c1-21-15(26-9-3-16(12-26)4-10-27-11-5-16)24-8-7-23-14-22-6-2-13(25-14)17(18,19)20/h2,6H,3-5,7-12H2,1H3,(H,21,24)(H,22,23,25). The lowest BCUT2D eigenvalue weighted by molar-refractivity contribution is -0.141. The van der Waals surface area contributed by atoms with Crippen LogP contribution in [0, 0.1) is 5.41 Å². The Morgan fingerprint density at radius 3 is 2.78 bits per heavy atom. The van der Waals surface area contributed by atoms with Gasteiger partial charge in [0.2, 0.25) is 5.95 Å². The average Bonchev–Trinajstić information content (AvgIpc) is 3.05. The first-order chi connectivity index (χ1) is 12.9. The number of nitrogens with one attached hydrogen (secondary N) is 2. The minimum atomic E-state index is -4.48. The quantitative estimate of drug-likeness (QED) is 0.468. The maximum Gasteiger partial charge on any atom is 0.433 e. The van der Waals surface area contributed by atoms with Crippen LogP contribution in [0.2, 0.25) is 0 Å². The summed E-state index contributed by atoms with van der Waals surface area (Å²) in [7, 11) is 1.74. The van der Waals surface area contributed by atoms with Crippen molar-refractivity contribution in [2.24, 2.45) is 10.4 Å². The van der Waals surface area contributed by atoms with Crippen molar-refractivity contribution in [3.05, 3.63) is 18.0 Å². The van der Waals surface area contributed by atoms with E-state index >= 15 is 0 Å². The second kappa shape index (κ2) is 8.28. The SMILES string of the molecule is CN=C(NCCNc1nccc(C(F)(F)F)n1)N1CCC2(CCOCC2)C1. The zero-order valence-corrected chi connectivity index (χ0v) is 15.3. The third-order valence-corrected chi connectivity index (χ3v) is 5.14. The minimum Gasteiger partial charge on any atom is -0.381 e. The zero-order chi connectivity index (χ0) is 19.3. The Morgan fingerprint density at radius 1 is 1.30 bits per heavy atom. The molecule has 1 aromatic rings. The molecular formula is C17H25F3N6O. The molecule has 0 atom stereocenters. The Morgan fingerprint density at radius 2 is 2.07 bits per heavy atom. The number of nitrogens with zero attached hydrogens (tertiary/aromatic N) is 4. The van der Waals surface area contributed by atoms with Gasteiger partial charge in [-0.3, -0.25) is 4.99 Å². The molecule has 3 rings (SSSR count). The molecule has 0 radical (unpaired) electrons. The van der Waals surface area contributed by atoms with E-state index in [4.69, 9.17) is 4.74 Å². The van der Waals surface area contributed by atoms with E-state index in [0.717, 1.165) is 63.8 Å². The van der Waals surface area contributed by atoms with Crippen molar-refractivity contribution >= 4 is 11.9 Å². The first-order valence-electron chi connectivity index (χ1n) is 9.09. The summed E-state index contributed by atoms with van der Waals surface area (Å²) < 4.78 is 43.5. The molecule has 150 valence electrons. The second-order valence-electron chi connectivity index (χ2n) is 6.95. The van der Waals surface area contributed by atoms with Crippen molar-refractivity contribution < 1.29 is 17.9 Å². The molecule has 27 heavy (non-hydrogen) atoms. The fourth-order valence-electron chi connectivity index (χ4n) is 3.61. The highest BCUT2D eigenvalue weighted by Gasteiger charge is 2.40. The summed E-state index contributed by atoms with van der Waals surface area (Å²) in [6.07, 6.45) is -0.0884. The first-order valence-corrected chi connectivity index (χ1v) is 9.09. The highest BCUT2D eigenvalue weighted by molar-refractivity contribution is 5.80. The molecule has 0 aliphatic carbocycles. The number of anilines is 1. The van der Waals surface area contributed by atoms with E-state index in [2.05, 4.69) is 30.5 Å². The van der Waals surface area contributed by atoms with Crippen molar-refractivity contribution in [2.75, 3.05) is 51.8 Å². The Hall–Kier alpha value is -2.10. The number of ether oxygens (including phenoxy) is 1. The number of alkyl halides is 3. The van der Waals surface area contributed by atoms with Gasteiger partial charge in [-0.1, -0.05) is 0 Å². The predicted octanol–water partition coefficient (Wildman–Crippen LogP) is 1.99. The minimum absolute atomic E-state index is 0.0380. The van der Waals surface area contributed by atoms with Gasteiger partial charge in [-0.2, -0.15) is 13.2 Å². The van der Waals surface area contributed by atoms with Crippen molar-refractivity contribution in [1.29, 1.82) is 0 Å². The molecule has 1 spiro atoms. The maximum absolute atomic E-state index is 12.7. The number of aromatic nitrogens is 2. The molecule has 10 heteroatoms. The fraction of sp³-hybridized carbons (Fsp3) is 0.706. The third-order valence-electron chi connectivity index (χ3n) is 5.14. The van der Waals surface area contributed by atoms with Crippen LogP contribution in [0.3, 0.4) is 0 Å². The molecule has 3 heterocycles. The van der Waals surface area contributed by atoms with E-state index in [1.807, 2.05) is 0 Å². The normalized spacial score (nSPS) is 20.1. The van der Waals surface area contributed by atoms with Crippen LogP contribution in [0.5, 0.6) is 0 Å². The van der Waals surface area contributed by atoms with Gasteiger partial charge in [-0.15, -0.1) is 0 Å². The number of halogens is 3. The molecule has 7 nitrogen and oxygen atoms in total. The molecule has 0 amide bonds. The molecule has 1 aromatic heterocycles. The predicted molar refractivity (Wildman–Crippen MR) is 95.6 cm³/mol. The Bertz CT molecular complexity index is 660. The molecular weight excluding hydrogens is 361 g/mol. The van der Waals surface area contributed by atoms with Crippen LogP contribution in [0.1, 0.15) is 25.0 Å². The van der Waals surface area contributed by atoms with Crippen LogP contribution in [-0.2, 0) is 10.9 Å². The van der Waals surface area contributed by atoms with E-state index in [1.165, 1.54) is 0 Å². The number of likely N-dealkylation sites (tertiary alicyclic amines) is 1. The first kappa shape index (κ1) is 19.7. The van der Waals surface area contributed by atoms with Gasteiger partial charge in [-0.05, 0) is 30.7 Å². The Labute approximate surface area is 156 Å². The summed E-state index contributed by atoms with van der Waals surface area (Å²) in [5.74, 6) is 0.772. The van der Waals surface area contributed by atoms with Gasteiger partial charge in [0.25, 0.3) is 0 Å². The molecule has 2 saturated heterocycles. The number of aliphatic imine (C=N–C) groups is 1. The van der Waals surface area contributed by atoms with Gasteiger partial charge < -0.3 is 20.3 Å². The lowest BCUT2D eigenvalue weighted by Gasteiger charge is -2.33. The monoisotopic (exact) mass is 386 g/mol. The smallest absolute Gasteiger partial charge is 0.381 e. The lowest BCUT2D eigenvalue weighted by atomic mass is 9.80. The molecule has 0 saturated carbocycles.